The molecule has 6 heteroatoms. The van der Waals surface area contributed by atoms with Crippen molar-refractivity contribution in [2.75, 3.05) is 6.54 Å². The number of benzene rings is 1. The van der Waals surface area contributed by atoms with Crippen LogP contribution in [0, 0.1) is 0 Å². The molecule has 2 rings (SSSR count). The summed E-state index contributed by atoms with van der Waals surface area (Å²) in [5, 5.41) is 9.90. The normalized spacial score (nSPS) is 22.2. The molecule has 1 aromatic carbocycles. The molecule has 0 aliphatic carbocycles. The topological polar surface area (TPSA) is 70.2 Å². The van der Waals surface area contributed by atoms with Crippen LogP contribution in [-0.4, -0.2) is 30.4 Å². The number of rotatable bonds is 5. The third-order valence-corrected chi connectivity index (χ3v) is 4.40. The maximum absolute atomic E-state index is 12.4. The Morgan fingerprint density at radius 3 is 2.65 bits per heavy atom. The summed E-state index contributed by atoms with van der Waals surface area (Å²) in [6, 6.07) is 7.24. The number of nitrogens with one attached hydrogen (secondary N) is 3. The Hall–Kier alpha value is -1.59. The Morgan fingerprint density at radius 1 is 1.35 bits per heavy atom. The minimum absolute atomic E-state index is 0.0563. The monoisotopic (exact) mass is 337 g/mol. The van der Waals surface area contributed by atoms with Crippen LogP contribution in [0.3, 0.4) is 0 Å². The minimum Gasteiger partial charge on any atom is -0.352 e. The van der Waals surface area contributed by atoms with Gasteiger partial charge in [0.05, 0.1) is 12.5 Å². The fraction of sp³-hybridized carbons (Fsp3) is 0.529. The summed E-state index contributed by atoms with van der Waals surface area (Å²) in [6.45, 7) is 4.52. The van der Waals surface area contributed by atoms with Crippen molar-refractivity contribution in [3.8, 4) is 0 Å². The van der Waals surface area contributed by atoms with Crippen LogP contribution in [-0.2, 0) is 9.59 Å². The molecule has 3 atom stereocenters. The van der Waals surface area contributed by atoms with E-state index in [-0.39, 0.29) is 36.4 Å². The van der Waals surface area contributed by atoms with Gasteiger partial charge in [-0.05, 0) is 44.0 Å². The smallest absolute Gasteiger partial charge is 0.222 e. The van der Waals surface area contributed by atoms with Gasteiger partial charge in [-0.2, -0.15) is 0 Å². The van der Waals surface area contributed by atoms with E-state index >= 15 is 0 Å². The molecule has 0 aromatic heterocycles. The molecule has 0 spiro atoms. The Balaban J connectivity index is 2.00. The lowest BCUT2D eigenvalue weighted by molar-refractivity contribution is -0.123. The van der Waals surface area contributed by atoms with Crippen LogP contribution in [0.15, 0.2) is 24.3 Å². The summed E-state index contributed by atoms with van der Waals surface area (Å²) >= 11 is 5.90. The number of carbonyl (C=O) groups is 2. The molecule has 2 amide bonds. The summed E-state index contributed by atoms with van der Waals surface area (Å²) in [6.07, 6.45) is 2.25. The first-order chi connectivity index (χ1) is 11.0. The summed E-state index contributed by atoms with van der Waals surface area (Å²) < 4.78 is 0. The van der Waals surface area contributed by atoms with Gasteiger partial charge < -0.3 is 16.0 Å². The van der Waals surface area contributed by atoms with Crippen LogP contribution in [0.4, 0.5) is 0 Å². The Bertz CT molecular complexity index is 547. The van der Waals surface area contributed by atoms with E-state index < -0.39 is 0 Å². The maximum Gasteiger partial charge on any atom is 0.222 e. The Kier molecular flexibility index (Phi) is 6.42. The zero-order valence-corrected chi connectivity index (χ0v) is 14.3. The second-order valence-corrected chi connectivity index (χ2v) is 6.50. The molecule has 1 aromatic rings. The molecule has 5 nitrogen and oxygen atoms in total. The number of hydrogen-bond donors (Lipinski definition) is 3. The number of amides is 2. The fourth-order valence-electron chi connectivity index (χ4n) is 2.88. The highest BCUT2D eigenvalue weighted by Crippen LogP contribution is 2.20. The van der Waals surface area contributed by atoms with Gasteiger partial charge in [-0.1, -0.05) is 23.7 Å². The van der Waals surface area contributed by atoms with Crippen molar-refractivity contribution in [3.05, 3.63) is 34.9 Å². The third kappa shape index (κ3) is 5.52. The molecule has 1 aliphatic heterocycles. The highest BCUT2D eigenvalue weighted by atomic mass is 35.5. The molecule has 1 aliphatic rings. The highest BCUT2D eigenvalue weighted by molar-refractivity contribution is 6.30. The number of carbonyl (C=O) groups excluding carboxylic acids is 2. The SMILES string of the molecule is CC(=O)NC(CC(=O)NC1CCCNC1C)c1ccc(Cl)cc1. The first-order valence-corrected chi connectivity index (χ1v) is 8.39. The van der Waals surface area contributed by atoms with Gasteiger partial charge in [0, 0.05) is 24.0 Å². The minimum atomic E-state index is -0.350. The number of halogens is 1. The molecule has 1 fully saturated rings. The van der Waals surface area contributed by atoms with E-state index in [1.165, 1.54) is 6.92 Å². The number of hydrogen-bond acceptors (Lipinski definition) is 3. The summed E-state index contributed by atoms with van der Waals surface area (Å²) in [7, 11) is 0. The van der Waals surface area contributed by atoms with Crippen LogP contribution in [0.25, 0.3) is 0 Å². The van der Waals surface area contributed by atoms with Crippen molar-refractivity contribution in [2.45, 2.75) is 51.2 Å². The van der Waals surface area contributed by atoms with E-state index in [2.05, 4.69) is 22.9 Å². The van der Waals surface area contributed by atoms with Gasteiger partial charge in [-0.15, -0.1) is 0 Å². The third-order valence-electron chi connectivity index (χ3n) is 4.15. The first-order valence-electron chi connectivity index (χ1n) is 8.01. The zero-order valence-electron chi connectivity index (χ0n) is 13.6. The maximum atomic E-state index is 12.4. The Morgan fingerprint density at radius 2 is 2.04 bits per heavy atom. The van der Waals surface area contributed by atoms with Gasteiger partial charge in [0.15, 0.2) is 0 Å². The van der Waals surface area contributed by atoms with Gasteiger partial charge >= 0.3 is 0 Å². The van der Waals surface area contributed by atoms with Crippen LogP contribution in [0.1, 0.15) is 44.7 Å². The molecule has 23 heavy (non-hydrogen) atoms. The molecule has 3 unspecified atom stereocenters. The van der Waals surface area contributed by atoms with E-state index in [0.717, 1.165) is 24.9 Å². The van der Waals surface area contributed by atoms with E-state index in [1.807, 2.05) is 12.1 Å². The molecule has 126 valence electrons. The van der Waals surface area contributed by atoms with Crippen LogP contribution in [0.5, 0.6) is 0 Å². The lowest BCUT2D eigenvalue weighted by Crippen LogP contribution is -2.52. The number of piperidine rings is 1. The lowest BCUT2D eigenvalue weighted by Gasteiger charge is -2.31. The van der Waals surface area contributed by atoms with Crippen molar-refractivity contribution in [1.29, 1.82) is 0 Å². The van der Waals surface area contributed by atoms with E-state index in [4.69, 9.17) is 11.6 Å². The molecule has 1 heterocycles. The average molecular weight is 338 g/mol. The molecule has 0 radical (unpaired) electrons. The molecule has 0 bridgehead atoms. The molecular weight excluding hydrogens is 314 g/mol. The second-order valence-electron chi connectivity index (χ2n) is 6.07. The van der Waals surface area contributed by atoms with E-state index in [0.29, 0.717) is 5.02 Å². The quantitative estimate of drug-likeness (QED) is 0.771. The Labute approximate surface area is 142 Å². The van der Waals surface area contributed by atoms with Crippen molar-refractivity contribution >= 4 is 23.4 Å². The summed E-state index contributed by atoms with van der Waals surface area (Å²) in [5.41, 5.74) is 0.870. The molecule has 3 N–H and O–H groups in total. The van der Waals surface area contributed by atoms with Gasteiger partial charge in [-0.25, -0.2) is 0 Å². The van der Waals surface area contributed by atoms with Crippen molar-refractivity contribution < 1.29 is 9.59 Å². The lowest BCUT2D eigenvalue weighted by atomic mass is 9.98. The highest BCUT2D eigenvalue weighted by Gasteiger charge is 2.24. The largest absolute Gasteiger partial charge is 0.352 e. The van der Waals surface area contributed by atoms with Gasteiger partial charge in [0.2, 0.25) is 11.8 Å². The van der Waals surface area contributed by atoms with Crippen molar-refractivity contribution in [2.24, 2.45) is 0 Å². The van der Waals surface area contributed by atoms with Crippen molar-refractivity contribution in [3.63, 3.8) is 0 Å². The average Bonchev–Trinajstić information content (AvgIpc) is 2.49. The standard InChI is InChI=1S/C17H24ClN3O2/c1-11-15(4-3-9-19-11)21-17(23)10-16(20-12(2)22)13-5-7-14(18)8-6-13/h5-8,11,15-16,19H,3-4,9-10H2,1-2H3,(H,20,22)(H,21,23). The predicted molar refractivity (Wildman–Crippen MR) is 91.3 cm³/mol. The van der Waals surface area contributed by atoms with Gasteiger partial charge in [-0.3, -0.25) is 9.59 Å². The van der Waals surface area contributed by atoms with Crippen molar-refractivity contribution in [1.82, 2.24) is 16.0 Å². The van der Waals surface area contributed by atoms with Crippen LogP contribution >= 0.6 is 11.6 Å². The predicted octanol–water partition coefficient (Wildman–Crippen LogP) is 2.16. The second kappa shape index (κ2) is 8.31. The molecular formula is C17H24ClN3O2. The van der Waals surface area contributed by atoms with Crippen LogP contribution < -0.4 is 16.0 Å². The van der Waals surface area contributed by atoms with Gasteiger partial charge in [0.1, 0.15) is 0 Å². The first kappa shape index (κ1) is 17.8. The summed E-state index contributed by atoms with van der Waals surface area (Å²) in [5.74, 6) is -0.218. The summed E-state index contributed by atoms with van der Waals surface area (Å²) in [4.78, 5) is 23.8. The van der Waals surface area contributed by atoms with Crippen LogP contribution in [0.2, 0.25) is 5.02 Å². The van der Waals surface area contributed by atoms with E-state index in [1.54, 1.807) is 12.1 Å². The molecule has 0 saturated carbocycles. The van der Waals surface area contributed by atoms with Gasteiger partial charge in [0.25, 0.3) is 0 Å². The molecule has 1 saturated heterocycles. The van der Waals surface area contributed by atoms with E-state index in [9.17, 15) is 9.59 Å². The fourth-order valence-corrected chi connectivity index (χ4v) is 3.01. The zero-order chi connectivity index (χ0) is 16.8.